The van der Waals surface area contributed by atoms with Gasteiger partial charge in [0.25, 0.3) is 0 Å². The van der Waals surface area contributed by atoms with Crippen molar-refractivity contribution >= 4 is 0 Å². The van der Waals surface area contributed by atoms with Crippen molar-refractivity contribution in [2.24, 2.45) is 0 Å². The molecule has 114 valence electrons. The van der Waals surface area contributed by atoms with Crippen LogP contribution in [0.25, 0.3) is 0 Å². The zero-order valence-corrected chi connectivity index (χ0v) is 12.5. The Balaban J connectivity index is 3.58. The fraction of sp³-hybridized carbons (Fsp3) is 0.600. The SMILES string of the molecule is CCOc1cc(C)c(C(O)(CC)C(F)(F)F)c(C)c1C. The second-order valence-electron chi connectivity index (χ2n) is 4.96. The van der Waals surface area contributed by atoms with Crippen LogP contribution in [0.1, 0.15) is 42.5 Å². The van der Waals surface area contributed by atoms with Gasteiger partial charge in [0.05, 0.1) is 6.61 Å². The van der Waals surface area contributed by atoms with Crippen molar-refractivity contribution in [3.05, 3.63) is 28.3 Å². The first-order chi connectivity index (χ1) is 9.10. The van der Waals surface area contributed by atoms with Crippen molar-refractivity contribution in [2.45, 2.75) is 52.8 Å². The number of halogens is 3. The maximum atomic E-state index is 13.2. The monoisotopic (exact) mass is 290 g/mol. The molecule has 0 aliphatic heterocycles. The van der Waals surface area contributed by atoms with Crippen LogP contribution in [-0.4, -0.2) is 17.9 Å². The molecule has 0 fully saturated rings. The summed E-state index contributed by atoms with van der Waals surface area (Å²) in [5.74, 6) is 0.562. The normalized spacial score (nSPS) is 15.1. The Morgan fingerprint density at radius 2 is 1.65 bits per heavy atom. The van der Waals surface area contributed by atoms with Gasteiger partial charge in [-0.3, -0.25) is 0 Å². The first-order valence-electron chi connectivity index (χ1n) is 6.63. The van der Waals surface area contributed by atoms with Gasteiger partial charge in [0.2, 0.25) is 0 Å². The summed E-state index contributed by atoms with van der Waals surface area (Å²) in [6.45, 7) is 8.45. The van der Waals surface area contributed by atoms with Crippen LogP contribution in [0.4, 0.5) is 13.2 Å². The highest BCUT2D eigenvalue weighted by Gasteiger charge is 2.55. The lowest BCUT2D eigenvalue weighted by Gasteiger charge is -2.33. The first-order valence-corrected chi connectivity index (χ1v) is 6.63. The summed E-state index contributed by atoms with van der Waals surface area (Å²) in [6.07, 6.45) is -5.14. The van der Waals surface area contributed by atoms with E-state index in [0.717, 1.165) is 0 Å². The van der Waals surface area contributed by atoms with Crippen molar-refractivity contribution < 1.29 is 23.0 Å². The molecule has 1 rings (SSSR count). The van der Waals surface area contributed by atoms with Gasteiger partial charge in [-0.25, -0.2) is 0 Å². The molecule has 5 heteroatoms. The molecule has 0 saturated carbocycles. The van der Waals surface area contributed by atoms with Gasteiger partial charge in [-0.2, -0.15) is 13.2 Å². The summed E-state index contributed by atoms with van der Waals surface area (Å²) >= 11 is 0. The molecular formula is C15H21F3O2. The molecular weight excluding hydrogens is 269 g/mol. The van der Waals surface area contributed by atoms with Crippen molar-refractivity contribution in [1.82, 2.24) is 0 Å². The first kappa shape index (κ1) is 16.8. The lowest BCUT2D eigenvalue weighted by atomic mass is 9.82. The molecule has 0 saturated heterocycles. The molecule has 0 heterocycles. The maximum absolute atomic E-state index is 13.2. The van der Waals surface area contributed by atoms with Crippen molar-refractivity contribution in [3.63, 3.8) is 0 Å². The van der Waals surface area contributed by atoms with E-state index < -0.39 is 18.2 Å². The van der Waals surface area contributed by atoms with E-state index in [1.165, 1.54) is 6.92 Å². The average Bonchev–Trinajstić information content (AvgIpc) is 2.34. The van der Waals surface area contributed by atoms with Gasteiger partial charge in [-0.1, -0.05) is 6.92 Å². The highest BCUT2D eigenvalue weighted by atomic mass is 19.4. The number of aryl methyl sites for hydroxylation is 1. The summed E-state index contributed by atoms with van der Waals surface area (Å²) in [5.41, 5.74) is -1.44. The Kier molecular flexibility index (Phi) is 4.74. The molecule has 0 bridgehead atoms. The highest BCUT2D eigenvalue weighted by Crippen LogP contribution is 2.45. The summed E-state index contributed by atoms with van der Waals surface area (Å²) in [6, 6.07) is 1.56. The number of hydrogen-bond donors (Lipinski definition) is 1. The molecule has 1 atom stereocenters. The number of ether oxygens (including phenoxy) is 1. The van der Waals surface area contributed by atoms with Gasteiger partial charge in [0, 0.05) is 0 Å². The Bertz CT molecular complexity index is 495. The number of alkyl halides is 3. The number of hydrogen-bond acceptors (Lipinski definition) is 2. The van der Waals surface area contributed by atoms with Crippen LogP contribution >= 0.6 is 0 Å². The molecule has 1 aromatic carbocycles. The van der Waals surface area contributed by atoms with E-state index in [2.05, 4.69) is 0 Å². The minimum absolute atomic E-state index is 0.0616. The lowest BCUT2D eigenvalue weighted by Crippen LogP contribution is -2.43. The zero-order chi connectivity index (χ0) is 15.7. The van der Waals surface area contributed by atoms with E-state index in [0.29, 0.717) is 29.0 Å². The molecule has 0 radical (unpaired) electrons. The fourth-order valence-electron chi connectivity index (χ4n) is 2.51. The van der Waals surface area contributed by atoms with Crippen molar-refractivity contribution in [2.75, 3.05) is 6.61 Å². The predicted octanol–water partition coefficient (Wildman–Crippen LogP) is 4.17. The fourth-order valence-corrected chi connectivity index (χ4v) is 2.51. The van der Waals surface area contributed by atoms with Crippen LogP contribution in [0.5, 0.6) is 5.75 Å². The molecule has 1 aromatic rings. The van der Waals surface area contributed by atoms with Crippen molar-refractivity contribution in [1.29, 1.82) is 0 Å². The van der Waals surface area contributed by atoms with Gasteiger partial charge in [0.15, 0.2) is 5.60 Å². The number of benzene rings is 1. The number of aliphatic hydroxyl groups is 1. The van der Waals surface area contributed by atoms with Gasteiger partial charge in [-0.15, -0.1) is 0 Å². The van der Waals surface area contributed by atoms with Gasteiger partial charge >= 0.3 is 6.18 Å². The molecule has 1 unspecified atom stereocenters. The molecule has 0 amide bonds. The lowest BCUT2D eigenvalue weighted by molar-refractivity contribution is -0.268. The molecule has 0 aliphatic rings. The molecule has 0 spiro atoms. The van der Waals surface area contributed by atoms with Gasteiger partial charge in [-0.05, 0) is 62.4 Å². The van der Waals surface area contributed by atoms with Crippen LogP contribution < -0.4 is 4.74 Å². The van der Waals surface area contributed by atoms with Crippen molar-refractivity contribution in [3.8, 4) is 5.75 Å². The zero-order valence-electron chi connectivity index (χ0n) is 12.5. The van der Waals surface area contributed by atoms with Crippen LogP contribution in [0, 0.1) is 20.8 Å². The average molecular weight is 290 g/mol. The molecule has 1 N–H and O–H groups in total. The van der Waals surface area contributed by atoms with E-state index in [1.54, 1.807) is 26.8 Å². The Morgan fingerprint density at radius 1 is 1.10 bits per heavy atom. The van der Waals surface area contributed by atoms with Gasteiger partial charge < -0.3 is 9.84 Å². The second kappa shape index (κ2) is 5.64. The van der Waals surface area contributed by atoms with E-state index in [9.17, 15) is 18.3 Å². The smallest absolute Gasteiger partial charge is 0.421 e. The minimum Gasteiger partial charge on any atom is -0.494 e. The van der Waals surface area contributed by atoms with E-state index in [-0.39, 0.29) is 5.56 Å². The van der Waals surface area contributed by atoms with E-state index >= 15 is 0 Å². The molecule has 2 nitrogen and oxygen atoms in total. The van der Waals surface area contributed by atoms with E-state index in [4.69, 9.17) is 4.74 Å². The topological polar surface area (TPSA) is 29.5 Å². The Labute approximate surface area is 117 Å². The maximum Gasteiger partial charge on any atom is 0.421 e. The minimum atomic E-state index is -4.71. The molecule has 0 aliphatic carbocycles. The largest absolute Gasteiger partial charge is 0.494 e. The van der Waals surface area contributed by atoms with Crippen LogP contribution in [0.2, 0.25) is 0 Å². The standard InChI is InChI=1S/C15H21F3O2/c1-6-14(19,15(16,17)18)13-9(3)8-12(20-7-2)10(4)11(13)5/h8,19H,6-7H2,1-5H3. The van der Waals surface area contributed by atoms with Gasteiger partial charge in [0.1, 0.15) is 5.75 Å². The summed E-state index contributed by atoms with van der Waals surface area (Å²) in [5, 5.41) is 10.2. The Hall–Kier alpha value is -1.23. The third-order valence-electron chi connectivity index (χ3n) is 3.74. The Morgan fingerprint density at radius 3 is 2.05 bits per heavy atom. The second-order valence-corrected chi connectivity index (χ2v) is 4.96. The summed E-state index contributed by atoms with van der Waals surface area (Å²) in [7, 11) is 0. The number of rotatable bonds is 4. The van der Waals surface area contributed by atoms with Crippen LogP contribution in [-0.2, 0) is 5.60 Å². The van der Waals surface area contributed by atoms with Crippen LogP contribution in [0.15, 0.2) is 6.07 Å². The highest BCUT2D eigenvalue weighted by molar-refractivity contribution is 5.51. The molecule has 0 aromatic heterocycles. The summed E-state index contributed by atoms with van der Waals surface area (Å²) < 4.78 is 45.2. The summed E-state index contributed by atoms with van der Waals surface area (Å²) in [4.78, 5) is 0. The third-order valence-corrected chi connectivity index (χ3v) is 3.74. The third kappa shape index (κ3) is 2.64. The quantitative estimate of drug-likeness (QED) is 0.901. The predicted molar refractivity (Wildman–Crippen MR) is 72.1 cm³/mol. The van der Waals surface area contributed by atoms with E-state index in [1.807, 2.05) is 6.92 Å². The molecule has 20 heavy (non-hydrogen) atoms. The van der Waals surface area contributed by atoms with Crippen LogP contribution in [0.3, 0.4) is 0 Å².